The first kappa shape index (κ1) is 18.2. The summed E-state index contributed by atoms with van der Waals surface area (Å²) in [5.41, 5.74) is 3.69. The number of fused-ring (bicyclic) bond motifs is 1. The van der Waals surface area contributed by atoms with E-state index < -0.39 is 0 Å². The molecule has 5 nitrogen and oxygen atoms in total. The quantitative estimate of drug-likeness (QED) is 0.622. The number of hydrogen-bond donors (Lipinski definition) is 0. The maximum absolute atomic E-state index is 5.57. The van der Waals surface area contributed by atoms with Gasteiger partial charge in [-0.25, -0.2) is 0 Å². The van der Waals surface area contributed by atoms with Gasteiger partial charge in [-0.3, -0.25) is 4.90 Å². The molecule has 0 N–H and O–H groups in total. The topological polar surface area (TPSA) is 47.1 Å². The smallest absolute Gasteiger partial charge is 0.244 e. The zero-order valence-electron chi connectivity index (χ0n) is 16.9. The van der Waals surface area contributed by atoms with E-state index in [0.717, 1.165) is 18.0 Å². The van der Waals surface area contributed by atoms with Crippen LogP contribution >= 0.6 is 0 Å². The van der Waals surface area contributed by atoms with Gasteiger partial charge in [0.2, 0.25) is 11.7 Å². The molecule has 0 spiro atoms. The Balaban J connectivity index is 1.74. The molecule has 0 bridgehead atoms. The number of nitrogens with zero attached hydrogens (tertiary/aromatic N) is 4. The summed E-state index contributed by atoms with van der Waals surface area (Å²) in [6.45, 7) is 5.35. The fourth-order valence-electron chi connectivity index (χ4n) is 4.25. The highest BCUT2D eigenvalue weighted by Gasteiger charge is 2.22. The van der Waals surface area contributed by atoms with Crippen molar-refractivity contribution in [2.75, 3.05) is 14.1 Å². The van der Waals surface area contributed by atoms with Crippen LogP contribution in [0.1, 0.15) is 56.5 Å². The number of aromatic nitrogens is 3. The van der Waals surface area contributed by atoms with Crippen LogP contribution in [0.4, 0.5) is 0 Å². The van der Waals surface area contributed by atoms with E-state index in [1.54, 1.807) is 0 Å². The Morgan fingerprint density at radius 3 is 2.74 bits per heavy atom. The van der Waals surface area contributed by atoms with Crippen LogP contribution in [0.15, 0.2) is 28.9 Å². The minimum atomic E-state index is 0.101. The van der Waals surface area contributed by atoms with Gasteiger partial charge in [0.25, 0.3) is 0 Å². The van der Waals surface area contributed by atoms with Crippen molar-refractivity contribution in [1.29, 1.82) is 0 Å². The molecule has 1 fully saturated rings. The summed E-state index contributed by atoms with van der Waals surface area (Å²) in [5, 5.41) is 5.52. The van der Waals surface area contributed by atoms with Crippen molar-refractivity contribution in [1.82, 2.24) is 19.6 Å². The third-order valence-electron chi connectivity index (χ3n) is 6.09. The Kier molecular flexibility index (Phi) is 5.04. The highest BCUT2D eigenvalue weighted by Crippen LogP contribution is 2.34. The van der Waals surface area contributed by atoms with Crippen molar-refractivity contribution < 1.29 is 4.52 Å². The number of rotatable bonds is 5. The predicted octanol–water partition coefficient (Wildman–Crippen LogP) is 5.20. The first-order valence-corrected chi connectivity index (χ1v) is 10.1. The molecule has 1 aliphatic rings. The van der Waals surface area contributed by atoms with Gasteiger partial charge >= 0.3 is 0 Å². The second kappa shape index (κ2) is 7.47. The van der Waals surface area contributed by atoms with Crippen LogP contribution < -0.4 is 0 Å². The molecule has 144 valence electrons. The number of hydrogen-bond acceptors (Lipinski definition) is 4. The van der Waals surface area contributed by atoms with Gasteiger partial charge in [0.15, 0.2) is 0 Å². The molecule has 0 radical (unpaired) electrons. The minimum absolute atomic E-state index is 0.101. The average molecular weight is 367 g/mol. The van der Waals surface area contributed by atoms with E-state index in [0.29, 0.717) is 11.7 Å². The van der Waals surface area contributed by atoms with Crippen LogP contribution in [0.5, 0.6) is 0 Å². The Morgan fingerprint density at radius 1 is 1.22 bits per heavy atom. The van der Waals surface area contributed by atoms with Crippen molar-refractivity contribution in [2.24, 2.45) is 5.92 Å². The van der Waals surface area contributed by atoms with Crippen LogP contribution in [0.3, 0.4) is 0 Å². The van der Waals surface area contributed by atoms with E-state index in [4.69, 9.17) is 9.51 Å². The molecule has 0 saturated heterocycles. The monoisotopic (exact) mass is 366 g/mol. The molecule has 2 heterocycles. The van der Waals surface area contributed by atoms with Gasteiger partial charge in [-0.15, -0.1) is 0 Å². The molecule has 0 amide bonds. The van der Waals surface area contributed by atoms with Gasteiger partial charge in [0.1, 0.15) is 0 Å². The Hall–Kier alpha value is -2.14. The molecule has 3 aromatic rings. The van der Waals surface area contributed by atoms with Crippen LogP contribution in [-0.4, -0.2) is 33.7 Å². The lowest BCUT2D eigenvalue weighted by Crippen LogP contribution is -2.16. The zero-order chi connectivity index (χ0) is 19.0. The van der Waals surface area contributed by atoms with E-state index in [2.05, 4.69) is 52.9 Å². The van der Waals surface area contributed by atoms with Crippen LogP contribution in [0, 0.1) is 12.8 Å². The molecule has 1 aliphatic carbocycles. The lowest BCUT2D eigenvalue weighted by atomic mass is 9.89. The van der Waals surface area contributed by atoms with Gasteiger partial charge in [0.05, 0.1) is 11.6 Å². The van der Waals surface area contributed by atoms with Gasteiger partial charge in [0, 0.05) is 23.7 Å². The maximum Gasteiger partial charge on any atom is 0.244 e. The van der Waals surface area contributed by atoms with Crippen LogP contribution in [0.2, 0.25) is 0 Å². The summed E-state index contributed by atoms with van der Waals surface area (Å²) in [5.74, 6) is 2.13. The fourth-order valence-corrected chi connectivity index (χ4v) is 4.25. The average Bonchev–Trinajstić information content (AvgIpc) is 3.28. The number of para-hydroxylation sites is 1. The Morgan fingerprint density at radius 2 is 2.00 bits per heavy atom. The molecular weight excluding hydrogens is 336 g/mol. The number of aryl methyl sites for hydroxylation is 1. The summed E-state index contributed by atoms with van der Waals surface area (Å²) in [6.07, 6.45) is 9.05. The van der Waals surface area contributed by atoms with Gasteiger partial charge in [-0.05, 0) is 52.3 Å². The minimum Gasteiger partial charge on any atom is -0.346 e. The molecule has 1 saturated carbocycles. The lowest BCUT2D eigenvalue weighted by molar-refractivity contribution is 0.245. The summed E-state index contributed by atoms with van der Waals surface area (Å²) in [4.78, 5) is 6.79. The first-order valence-electron chi connectivity index (χ1n) is 10.1. The van der Waals surface area contributed by atoms with E-state index >= 15 is 0 Å². The second-order valence-corrected chi connectivity index (χ2v) is 8.27. The van der Waals surface area contributed by atoms with E-state index in [9.17, 15) is 0 Å². The number of benzene rings is 1. The van der Waals surface area contributed by atoms with Crippen molar-refractivity contribution >= 4 is 10.9 Å². The van der Waals surface area contributed by atoms with Crippen molar-refractivity contribution in [2.45, 2.75) is 58.5 Å². The molecule has 1 aromatic carbocycles. The SMILES string of the molecule is Cc1cccc2c(-c3noc(C(C)N(C)C)n3)cn(CC3CCCCC3)c12. The largest absolute Gasteiger partial charge is 0.346 e. The summed E-state index contributed by atoms with van der Waals surface area (Å²) < 4.78 is 8.00. The summed E-state index contributed by atoms with van der Waals surface area (Å²) >= 11 is 0. The van der Waals surface area contributed by atoms with E-state index in [1.165, 1.54) is 48.6 Å². The van der Waals surface area contributed by atoms with Crippen LogP contribution in [-0.2, 0) is 6.54 Å². The summed E-state index contributed by atoms with van der Waals surface area (Å²) in [7, 11) is 4.04. The highest BCUT2D eigenvalue weighted by atomic mass is 16.5. The van der Waals surface area contributed by atoms with Gasteiger partial charge < -0.3 is 9.09 Å². The van der Waals surface area contributed by atoms with E-state index in [1.807, 2.05) is 14.1 Å². The molecule has 2 aromatic heterocycles. The third-order valence-corrected chi connectivity index (χ3v) is 6.09. The highest BCUT2D eigenvalue weighted by molar-refractivity contribution is 5.96. The molecule has 27 heavy (non-hydrogen) atoms. The third kappa shape index (κ3) is 3.53. The summed E-state index contributed by atoms with van der Waals surface area (Å²) in [6, 6.07) is 6.60. The van der Waals surface area contributed by atoms with E-state index in [-0.39, 0.29) is 6.04 Å². The molecule has 1 atom stereocenters. The van der Waals surface area contributed by atoms with Gasteiger partial charge in [-0.2, -0.15) is 4.98 Å². The zero-order valence-corrected chi connectivity index (χ0v) is 16.9. The molecule has 5 heteroatoms. The normalized spacial score (nSPS) is 17.1. The molecule has 0 aliphatic heterocycles. The fraction of sp³-hybridized carbons (Fsp3) is 0.545. The standard InChI is InChI=1S/C22H30N4O/c1-15-9-8-12-18-19(21-23-22(27-24-21)16(2)25(3)4)14-26(20(15)18)13-17-10-6-5-7-11-17/h8-9,12,14,16-17H,5-7,10-11,13H2,1-4H3. The molecular formula is C22H30N4O. The van der Waals surface area contributed by atoms with Crippen molar-refractivity contribution in [3.05, 3.63) is 35.9 Å². The predicted molar refractivity (Wildman–Crippen MR) is 109 cm³/mol. The molecule has 1 unspecified atom stereocenters. The maximum atomic E-state index is 5.57. The van der Waals surface area contributed by atoms with Gasteiger partial charge in [-0.1, -0.05) is 42.6 Å². The molecule has 4 rings (SSSR count). The Labute approximate surface area is 161 Å². The first-order chi connectivity index (χ1) is 13.0. The lowest BCUT2D eigenvalue weighted by Gasteiger charge is -2.22. The van der Waals surface area contributed by atoms with Crippen molar-refractivity contribution in [3.8, 4) is 11.4 Å². The Bertz CT molecular complexity index is 918. The van der Waals surface area contributed by atoms with Crippen molar-refractivity contribution in [3.63, 3.8) is 0 Å². The van der Waals surface area contributed by atoms with Crippen LogP contribution in [0.25, 0.3) is 22.3 Å². The second-order valence-electron chi connectivity index (χ2n) is 8.27.